The van der Waals surface area contributed by atoms with Gasteiger partial charge in [0, 0.05) is 52.0 Å². The van der Waals surface area contributed by atoms with Gasteiger partial charge in [-0.1, -0.05) is 111 Å². The van der Waals surface area contributed by atoms with Gasteiger partial charge in [0.1, 0.15) is 24.0 Å². The van der Waals surface area contributed by atoms with Crippen molar-refractivity contribution in [3.8, 4) is 0 Å². The van der Waals surface area contributed by atoms with Crippen LogP contribution in [0.4, 0.5) is 0 Å². The first-order valence-electron chi connectivity index (χ1n) is 29.7. The Bertz CT molecular complexity index is 2250. The van der Waals surface area contributed by atoms with Crippen LogP contribution in [0.15, 0.2) is 47.6 Å². The maximum absolute atomic E-state index is 15.1. The smallest absolute Gasteiger partial charge is 0.329 e. The van der Waals surface area contributed by atoms with Gasteiger partial charge in [0.05, 0.1) is 43.7 Å². The van der Waals surface area contributed by atoms with Gasteiger partial charge in [-0.15, -0.1) is 0 Å². The third-order valence-electron chi connectivity index (χ3n) is 19.0. The fourth-order valence-corrected chi connectivity index (χ4v) is 14.0. The quantitative estimate of drug-likeness (QED) is 0.0810. The zero-order valence-corrected chi connectivity index (χ0v) is 54.2. The maximum atomic E-state index is 15.1. The Morgan fingerprint density at radius 2 is 1.37 bits per heavy atom. The summed E-state index contributed by atoms with van der Waals surface area (Å²) in [7, 11) is 0.410. The normalized spacial score (nSPS) is 33.2. The van der Waals surface area contributed by atoms with Gasteiger partial charge in [0.25, 0.3) is 11.7 Å². The van der Waals surface area contributed by atoms with Gasteiger partial charge in [-0.25, -0.2) is 4.79 Å². The third-order valence-corrected chi connectivity index (χ3v) is 28.0. The van der Waals surface area contributed by atoms with Crippen LogP contribution in [0.2, 0.25) is 36.3 Å². The number of piperidine rings is 1. The molecule has 14 nitrogen and oxygen atoms in total. The minimum atomic E-state index is -2.56. The molecule has 2 bridgehead atoms. The number of hydrogen-bond donors (Lipinski definition) is 1. The molecule has 3 fully saturated rings. The standard InChI is InChI=1S/C63H105NO13Si2/c1-20-48-32-40(2)31-41(3)33-54(71-14)57-55(72-15)35-43(5)63(69,76-57)58(66)59(67)64-30-22-21-23-49(64)60(68)75-56(44(6)52(37-50(48)65)77-79(18,19)62(10,11)12)42(4)34-47-28-29-51(53(36-47)70-13)73-38-45-24-26-46(27-25-45)39-74-78(16,17)61(7,8)9/h24-27,32,34,41,43-44,47-49,51-57,69H,20-23,28-31,33,35-39H2,1-19H3. The fourth-order valence-electron chi connectivity index (χ4n) is 11.7. The van der Waals surface area contributed by atoms with Crippen molar-refractivity contribution in [1.29, 1.82) is 0 Å². The molecule has 16 heteroatoms. The number of fused-ring (bicyclic) bond motifs is 3. The number of amides is 1. The molecule has 1 aromatic rings. The van der Waals surface area contributed by atoms with Gasteiger partial charge in [0.15, 0.2) is 16.6 Å². The second-order valence-electron chi connectivity index (χ2n) is 27.2. The van der Waals surface area contributed by atoms with E-state index < -0.39 is 88.5 Å². The fraction of sp³-hybridized carbons (Fsp3) is 0.778. The molecule has 79 heavy (non-hydrogen) atoms. The average molecular weight is 1140 g/mol. The lowest BCUT2D eigenvalue weighted by Gasteiger charge is -2.47. The monoisotopic (exact) mass is 1140 g/mol. The second kappa shape index (κ2) is 28.1. The van der Waals surface area contributed by atoms with Crippen LogP contribution in [-0.4, -0.2) is 133 Å². The van der Waals surface area contributed by atoms with Gasteiger partial charge < -0.3 is 47.3 Å². The Kier molecular flexibility index (Phi) is 23.8. The molecule has 0 radical (unpaired) electrons. The number of Topliss-reactive ketones (excluding diaryl/α,β-unsaturated/α-hetero) is 2. The molecule has 4 aliphatic rings. The molecule has 2 saturated heterocycles. The predicted molar refractivity (Wildman–Crippen MR) is 315 cm³/mol. The summed E-state index contributed by atoms with van der Waals surface area (Å²) < 4.78 is 51.6. The summed E-state index contributed by atoms with van der Waals surface area (Å²) in [5, 5.41) is 12.3. The van der Waals surface area contributed by atoms with E-state index in [1.54, 1.807) is 28.3 Å². The molecule has 14 atom stereocenters. The van der Waals surface area contributed by atoms with E-state index in [-0.39, 0.29) is 71.6 Å². The topological polar surface area (TPSA) is 166 Å². The number of ketones is 2. The summed E-state index contributed by atoms with van der Waals surface area (Å²) >= 11 is 0. The number of cyclic esters (lactones) is 1. The van der Waals surface area contributed by atoms with Crippen molar-refractivity contribution in [1.82, 2.24) is 4.90 Å². The number of carbonyl (C=O) groups excluding carboxylic acids is 4. The van der Waals surface area contributed by atoms with E-state index in [2.05, 4.69) is 111 Å². The Morgan fingerprint density at radius 3 is 1.95 bits per heavy atom. The van der Waals surface area contributed by atoms with E-state index in [1.165, 1.54) is 4.90 Å². The molecule has 1 aromatic carbocycles. The molecule has 14 unspecified atom stereocenters. The Labute approximate surface area is 478 Å². The molecule has 1 aliphatic carbocycles. The summed E-state index contributed by atoms with van der Waals surface area (Å²) in [6.45, 7) is 35.2. The van der Waals surface area contributed by atoms with Gasteiger partial charge in [-0.3, -0.25) is 14.4 Å². The summed E-state index contributed by atoms with van der Waals surface area (Å²) in [6.07, 6.45) is 6.16. The lowest BCUT2D eigenvalue weighted by molar-refractivity contribution is -0.302. The van der Waals surface area contributed by atoms with E-state index in [4.69, 9.17) is 37.3 Å². The molecule has 0 spiro atoms. The molecule has 3 heterocycles. The van der Waals surface area contributed by atoms with Crippen molar-refractivity contribution in [2.45, 2.75) is 258 Å². The number of methoxy groups -OCH3 is 3. The predicted octanol–water partition coefficient (Wildman–Crippen LogP) is 12.2. The van der Waals surface area contributed by atoms with Crippen LogP contribution in [0.25, 0.3) is 0 Å². The van der Waals surface area contributed by atoms with Crippen LogP contribution in [0.5, 0.6) is 0 Å². The van der Waals surface area contributed by atoms with Crippen molar-refractivity contribution in [3.63, 3.8) is 0 Å². The second-order valence-corrected chi connectivity index (χ2v) is 36.7. The van der Waals surface area contributed by atoms with E-state index in [1.807, 2.05) is 27.7 Å². The van der Waals surface area contributed by atoms with Gasteiger partial charge >= 0.3 is 5.97 Å². The van der Waals surface area contributed by atoms with Crippen molar-refractivity contribution in [2.24, 2.45) is 29.6 Å². The number of nitrogens with zero attached hydrogens (tertiary/aromatic N) is 1. The van der Waals surface area contributed by atoms with Crippen molar-refractivity contribution >= 4 is 40.1 Å². The molecular weight excluding hydrogens is 1030 g/mol. The molecule has 3 aliphatic heterocycles. The van der Waals surface area contributed by atoms with E-state index in [0.717, 1.165) is 35.1 Å². The highest BCUT2D eigenvalue weighted by atomic mass is 28.4. The SMILES string of the molecule is CCC1C=C(C)CC(C)CC(OC)C2OC(O)(C(=O)C(=O)N3CCCCC3C(=O)OC(C(C)=CC3CCC(OCc4ccc(CO[Si](C)(C)C(C)(C)C)cc4)C(OC)C3)C(C)C(O[Si](C)(C)C(C)(C)C)CC1=O)C(C)CC2OC. The van der Waals surface area contributed by atoms with Gasteiger partial charge in [-0.2, -0.15) is 0 Å². The van der Waals surface area contributed by atoms with E-state index >= 15 is 4.79 Å². The highest BCUT2D eigenvalue weighted by Gasteiger charge is 2.57. The number of ether oxygens (including phenoxy) is 6. The minimum absolute atomic E-state index is 0.0415. The van der Waals surface area contributed by atoms with Crippen molar-refractivity contribution < 1.29 is 61.6 Å². The van der Waals surface area contributed by atoms with Crippen LogP contribution < -0.4 is 0 Å². The minimum Gasteiger partial charge on any atom is -0.456 e. The highest BCUT2D eigenvalue weighted by molar-refractivity contribution is 6.74. The van der Waals surface area contributed by atoms with Crippen molar-refractivity contribution in [3.05, 3.63) is 58.7 Å². The van der Waals surface area contributed by atoms with E-state index in [0.29, 0.717) is 51.7 Å². The summed E-state index contributed by atoms with van der Waals surface area (Å²) in [5.74, 6) is -6.87. The van der Waals surface area contributed by atoms with Crippen LogP contribution >= 0.6 is 0 Å². The number of carbonyl (C=O) groups is 4. The first-order chi connectivity index (χ1) is 36.8. The number of aliphatic hydroxyl groups is 1. The molecular formula is C63H105NO13Si2. The maximum Gasteiger partial charge on any atom is 0.329 e. The van der Waals surface area contributed by atoms with E-state index in [9.17, 15) is 19.5 Å². The average Bonchev–Trinajstić information content (AvgIpc) is 3.43. The zero-order chi connectivity index (χ0) is 59.0. The Morgan fingerprint density at radius 1 is 0.772 bits per heavy atom. The molecule has 1 amide bonds. The molecule has 5 rings (SSSR count). The Hall–Kier alpha value is -2.91. The van der Waals surface area contributed by atoms with Crippen LogP contribution in [0.1, 0.15) is 165 Å². The number of allylic oxidation sites excluding steroid dienone is 3. The first-order valence-corrected chi connectivity index (χ1v) is 35.6. The lowest BCUT2D eigenvalue weighted by Crippen LogP contribution is -2.64. The molecule has 0 aromatic heterocycles. The Balaban J connectivity index is 1.50. The van der Waals surface area contributed by atoms with Crippen LogP contribution in [0, 0.1) is 29.6 Å². The van der Waals surface area contributed by atoms with Gasteiger partial charge in [-0.05, 0) is 143 Å². The number of hydrogen-bond acceptors (Lipinski definition) is 13. The number of esters is 1. The van der Waals surface area contributed by atoms with Gasteiger partial charge in [0.2, 0.25) is 5.79 Å². The zero-order valence-electron chi connectivity index (χ0n) is 52.2. The first kappa shape index (κ1) is 66.9. The highest BCUT2D eigenvalue weighted by Crippen LogP contribution is 2.43. The summed E-state index contributed by atoms with van der Waals surface area (Å²) in [5.41, 5.74) is 4.08. The third kappa shape index (κ3) is 16.9. The number of benzene rings is 1. The van der Waals surface area contributed by atoms with Crippen molar-refractivity contribution in [2.75, 3.05) is 27.9 Å². The number of rotatable bonds is 14. The van der Waals surface area contributed by atoms with Crippen LogP contribution in [-0.2, 0) is 69.7 Å². The summed E-state index contributed by atoms with van der Waals surface area (Å²) in [4.78, 5) is 60.6. The van der Waals surface area contributed by atoms with Crippen LogP contribution in [0.3, 0.4) is 0 Å². The molecule has 1 N–H and O–H groups in total. The summed E-state index contributed by atoms with van der Waals surface area (Å²) in [6, 6.07) is 7.36. The largest absolute Gasteiger partial charge is 0.456 e. The lowest BCUT2D eigenvalue weighted by atomic mass is 9.81. The molecule has 1 saturated carbocycles. The molecule has 448 valence electrons.